The maximum Gasteiger partial charge on any atom is 0.387 e. The fraction of sp³-hybridized carbons (Fsp3) is 0.444. The number of hydrogen-bond acceptors (Lipinski definition) is 5. The molecule has 0 unspecified atom stereocenters. The van der Waals surface area contributed by atoms with Gasteiger partial charge in [0.05, 0.1) is 0 Å². The number of ether oxygens (including phenoxy) is 1. The van der Waals surface area contributed by atoms with Gasteiger partial charge in [0.1, 0.15) is 17.8 Å². The Morgan fingerprint density at radius 3 is 2.31 bits per heavy atom. The number of rotatable bonds is 5. The van der Waals surface area contributed by atoms with Crippen LogP contribution in [0.4, 0.5) is 18.4 Å². The van der Waals surface area contributed by atoms with E-state index in [1.165, 1.54) is 31.2 Å². The van der Waals surface area contributed by atoms with Gasteiger partial charge in [-0.1, -0.05) is 12.1 Å². The number of hydrogen-bond donors (Lipinski definition) is 3. The van der Waals surface area contributed by atoms with E-state index >= 15 is 0 Å². The SMILES string of the molecule is CC(C)(C)NC(=O)NC(=O)CN1C(=O)N[C@](C)(c2ccc(OC(F)F)cc2)C1=O. The summed E-state index contributed by atoms with van der Waals surface area (Å²) < 4.78 is 28.8. The Bertz CT molecular complexity index is 823. The molecule has 1 heterocycles. The standard InChI is InChI=1S/C18H22F2N4O5/c1-17(2,3)22-15(27)21-12(25)9-24-13(26)18(4,23-16(24)28)10-5-7-11(8-6-10)29-14(19)20/h5-8,14H,9H2,1-4H3,(H,23,28)(H2,21,22,25,27)/t18-/m1/s1. The van der Waals surface area contributed by atoms with Crippen LogP contribution >= 0.6 is 0 Å². The molecular formula is C18H22F2N4O5. The Morgan fingerprint density at radius 2 is 1.79 bits per heavy atom. The fourth-order valence-corrected chi connectivity index (χ4v) is 2.69. The van der Waals surface area contributed by atoms with Gasteiger partial charge in [0, 0.05) is 5.54 Å². The minimum atomic E-state index is -2.99. The van der Waals surface area contributed by atoms with E-state index < -0.39 is 48.1 Å². The van der Waals surface area contributed by atoms with Crippen LogP contribution in [0.25, 0.3) is 0 Å². The summed E-state index contributed by atoms with van der Waals surface area (Å²) in [5.74, 6) is -1.68. The van der Waals surface area contributed by atoms with Crippen LogP contribution in [-0.2, 0) is 15.1 Å². The van der Waals surface area contributed by atoms with Crippen molar-refractivity contribution in [3.05, 3.63) is 29.8 Å². The highest BCUT2D eigenvalue weighted by molar-refractivity contribution is 6.10. The van der Waals surface area contributed by atoms with Gasteiger partial charge in [-0.3, -0.25) is 19.8 Å². The lowest BCUT2D eigenvalue weighted by Crippen LogP contribution is -2.51. The highest BCUT2D eigenvalue weighted by atomic mass is 19.3. The first-order valence-corrected chi connectivity index (χ1v) is 8.63. The maximum atomic E-state index is 12.8. The number of carbonyl (C=O) groups excluding carboxylic acids is 4. The van der Waals surface area contributed by atoms with Crippen LogP contribution in [0.3, 0.4) is 0 Å². The maximum absolute atomic E-state index is 12.8. The van der Waals surface area contributed by atoms with Crippen molar-refractivity contribution in [2.24, 2.45) is 0 Å². The van der Waals surface area contributed by atoms with Crippen molar-refractivity contribution < 1.29 is 32.7 Å². The summed E-state index contributed by atoms with van der Waals surface area (Å²) in [5.41, 5.74) is -1.77. The second kappa shape index (κ2) is 8.02. The Morgan fingerprint density at radius 1 is 1.21 bits per heavy atom. The van der Waals surface area contributed by atoms with Crippen LogP contribution in [0.2, 0.25) is 0 Å². The van der Waals surface area contributed by atoms with E-state index in [1.54, 1.807) is 20.8 Å². The lowest BCUT2D eigenvalue weighted by atomic mass is 9.92. The number of urea groups is 2. The number of carbonyl (C=O) groups is 4. The number of nitrogens with zero attached hydrogens (tertiary/aromatic N) is 1. The number of alkyl halides is 2. The molecular weight excluding hydrogens is 390 g/mol. The molecule has 0 spiro atoms. The zero-order chi connectivity index (χ0) is 22.0. The van der Waals surface area contributed by atoms with Gasteiger partial charge < -0.3 is 15.4 Å². The van der Waals surface area contributed by atoms with Crippen molar-refractivity contribution in [1.82, 2.24) is 20.9 Å². The minimum absolute atomic E-state index is 0.106. The van der Waals surface area contributed by atoms with E-state index in [1.807, 2.05) is 5.32 Å². The number of imide groups is 2. The highest BCUT2D eigenvalue weighted by Crippen LogP contribution is 2.30. The predicted molar refractivity (Wildman–Crippen MR) is 97.1 cm³/mol. The summed E-state index contributed by atoms with van der Waals surface area (Å²) in [5, 5.41) is 7.04. The first-order valence-electron chi connectivity index (χ1n) is 8.63. The number of amides is 6. The van der Waals surface area contributed by atoms with Crippen molar-refractivity contribution in [1.29, 1.82) is 0 Å². The Balaban J connectivity index is 2.08. The molecule has 1 aliphatic heterocycles. The molecule has 1 atom stereocenters. The molecule has 0 aromatic heterocycles. The first-order chi connectivity index (χ1) is 13.3. The number of benzene rings is 1. The topological polar surface area (TPSA) is 117 Å². The molecule has 158 valence electrons. The Hall–Kier alpha value is -3.24. The molecule has 2 rings (SSSR count). The Kier molecular flexibility index (Phi) is 6.10. The average Bonchev–Trinajstić information content (AvgIpc) is 2.77. The van der Waals surface area contributed by atoms with E-state index in [0.717, 1.165) is 0 Å². The molecule has 1 aromatic rings. The number of halogens is 2. The molecule has 9 nitrogen and oxygen atoms in total. The van der Waals surface area contributed by atoms with E-state index in [4.69, 9.17) is 0 Å². The van der Waals surface area contributed by atoms with Crippen LogP contribution in [0.15, 0.2) is 24.3 Å². The minimum Gasteiger partial charge on any atom is -0.435 e. The van der Waals surface area contributed by atoms with Crippen molar-refractivity contribution in [2.75, 3.05) is 6.54 Å². The summed E-state index contributed by atoms with van der Waals surface area (Å²) in [4.78, 5) is 49.5. The third kappa shape index (κ3) is 5.39. The van der Waals surface area contributed by atoms with E-state index in [2.05, 4.69) is 15.4 Å². The first kappa shape index (κ1) is 22.1. The van der Waals surface area contributed by atoms with Crippen molar-refractivity contribution in [3.63, 3.8) is 0 Å². The van der Waals surface area contributed by atoms with E-state index in [9.17, 15) is 28.0 Å². The van der Waals surface area contributed by atoms with Gasteiger partial charge in [-0.15, -0.1) is 0 Å². The molecule has 1 fully saturated rings. The van der Waals surface area contributed by atoms with E-state index in [0.29, 0.717) is 10.5 Å². The molecule has 3 N–H and O–H groups in total. The van der Waals surface area contributed by atoms with Crippen molar-refractivity contribution in [3.8, 4) is 5.75 Å². The zero-order valence-electron chi connectivity index (χ0n) is 16.3. The molecule has 0 saturated carbocycles. The monoisotopic (exact) mass is 412 g/mol. The van der Waals surface area contributed by atoms with Crippen molar-refractivity contribution in [2.45, 2.75) is 45.4 Å². The molecule has 29 heavy (non-hydrogen) atoms. The predicted octanol–water partition coefficient (Wildman–Crippen LogP) is 1.68. The zero-order valence-corrected chi connectivity index (χ0v) is 16.3. The second-order valence-electron chi connectivity index (χ2n) is 7.60. The molecule has 1 aromatic carbocycles. The van der Waals surface area contributed by atoms with Crippen LogP contribution in [0.5, 0.6) is 5.75 Å². The average molecular weight is 412 g/mol. The molecule has 11 heteroatoms. The summed E-state index contributed by atoms with van der Waals surface area (Å²) in [6.07, 6.45) is 0. The summed E-state index contributed by atoms with van der Waals surface area (Å²) in [6, 6.07) is 3.60. The van der Waals surface area contributed by atoms with Crippen LogP contribution < -0.4 is 20.7 Å². The normalized spacial score (nSPS) is 19.2. The van der Waals surface area contributed by atoms with Crippen molar-refractivity contribution >= 4 is 23.9 Å². The quantitative estimate of drug-likeness (QED) is 0.636. The van der Waals surface area contributed by atoms with Gasteiger partial charge in [0.2, 0.25) is 5.91 Å². The number of nitrogens with one attached hydrogen (secondary N) is 3. The van der Waals surface area contributed by atoms with Gasteiger partial charge in [0.15, 0.2) is 0 Å². The Labute approximate surface area is 165 Å². The fourth-order valence-electron chi connectivity index (χ4n) is 2.69. The largest absolute Gasteiger partial charge is 0.435 e. The second-order valence-corrected chi connectivity index (χ2v) is 7.60. The molecule has 0 aliphatic carbocycles. The van der Waals surface area contributed by atoms with E-state index in [-0.39, 0.29) is 5.75 Å². The molecule has 6 amide bonds. The summed E-state index contributed by atoms with van der Waals surface area (Å²) in [6.45, 7) is 2.92. The molecule has 1 aliphatic rings. The van der Waals surface area contributed by atoms with Gasteiger partial charge in [-0.25, -0.2) is 9.59 Å². The molecule has 0 bridgehead atoms. The van der Waals surface area contributed by atoms with Gasteiger partial charge >= 0.3 is 18.7 Å². The van der Waals surface area contributed by atoms with Gasteiger partial charge in [0.25, 0.3) is 5.91 Å². The van der Waals surface area contributed by atoms with Crippen LogP contribution in [0.1, 0.15) is 33.3 Å². The van der Waals surface area contributed by atoms with Gasteiger partial charge in [-0.05, 0) is 45.4 Å². The third-order valence-corrected chi connectivity index (χ3v) is 3.98. The summed E-state index contributed by atoms with van der Waals surface area (Å²) >= 11 is 0. The molecule has 1 saturated heterocycles. The van der Waals surface area contributed by atoms with Gasteiger partial charge in [-0.2, -0.15) is 8.78 Å². The molecule has 0 radical (unpaired) electrons. The summed E-state index contributed by atoms with van der Waals surface area (Å²) in [7, 11) is 0. The smallest absolute Gasteiger partial charge is 0.387 e. The van der Waals surface area contributed by atoms with Crippen LogP contribution in [-0.4, -0.2) is 47.5 Å². The lowest BCUT2D eigenvalue weighted by Gasteiger charge is -2.23. The lowest BCUT2D eigenvalue weighted by molar-refractivity contribution is -0.134. The highest BCUT2D eigenvalue weighted by Gasteiger charge is 2.49. The van der Waals surface area contributed by atoms with Crippen LogP contribution in [0, 0.1) is 0 Å². The third-order valence-electron chi connectivity index (χ3n) is 3.98.